The summed E-state index contributed by atoms with van der Waals surface area (Å²) in [6.07, 6.45) is 1.42. The van der Waals surface area contributed by atoms with Crippen LogP contribution in [0.2, 0.25) is 0 Å². The van der Waals surface area contributed by atoms with Crippen molar-refractivity contribution in [3.63, 3.8) is 0 Å². The highest BCUT2D eigenvalue weighted by Gasteiger charge is 2.33. The van der Waals surface area contributed by atoms with E-state index in [-0.39, 0.29) is 11.9 Å². The van der Waals surface area contributed by atoms with E-state index in [9.17, 15) is 9.59 Å². The van der Waals surface area contributed by atoms with E-state index in [1.807, 2.05) is 61.5 Å². The van der Waals surface area contributed by atoms with Crippen LogP contribution >= 0.6 is 0 Å². The molecule has 6 heteroatoms. The molecule has 0 unspecified atom stereocenters. The summed E-state index contributed by atoms with van der Waals surface area (Å²) in [7, 11) is 0. The summed E-state index contributed by atoms with van der Waals surface area (Å²) in [6.45, 7) is 2.48. The number of piperidine rings is 1. The Morgan fingerprint density at radius 1 is 1.15 bits per heavy atom. The zero-order valence-electron chi connectivity index (χ0n) is 14.7. The van der Waals surface area contributed by atoms with Crippen LogP contribution in [0.5, 0.6) is 11.5 Å². The van der Waals surface area contributed by atoms with Crippen molar-refractivity contribution in [1.29, 1.82) is 0 Å². The average Bonchev–Trinajstić information content (AvgIpc) is 2.62. The van der Waals surface area contributed by atoms with Gasteiger partial charge in [0.25, 0.3) is 0 Å². The number of urea groups is 1. The van der Waals surface area contributed by atoms with E-state index in [2.05, 4.69) is 5.32 Å². The molecule has 0 aromatic heterocycles. The van der Waals surface area contributed by atoms with E-state index < -0.39 is 12.1 Å². The summed E-state index contributed by atoms with van der Waals surface area (Å²) < 4.78 is 5.86. The highest BCUT2D eigenvalue weighted by atomic mass is 16.5. The Morgan fingerprint density at radius 3 is 2.62 bits per heavy atom. The van der Waals surface area contributed by atoms with Crippen molar-refractivity contribution < 1.29 is 14.3 Å². The van der Waals surface area contributed by atoms with E-state index in [0.717, 1.165) is 23.5 Å². The van der Waals surface area contributed by atoms with E-state index in [1.165, 1.54) is 0 Å². The minimum Gasteiger partial charge on any atom is -0.457 e. The van der Waals surface area contributed by atoms with Gasteiger partial charge in [0.05, 0.1) is 0 Å². The number of amides is 3. The molecule has 0 aliphatic carbocycles. The molecule has 1 aliphatic heterocycles. The first kappa shape index (κ1) is 17.8. The minimum absolute atomic E-state index is 0.100. The highest BCUT2D eigenvalue weighted by Crippen LogP contribution is 2.25. The molecule has 136 valence electrons. The maximum atomic E-state index is 12.7. The number of nitrogens with one attached hydrogen (secondary N) is 1. The molecule has 3 amide bonds. The third kappa shape index (κ3) is 4.33. The van der Waals surface area contributed by atoms with Crippen LogP contribution in [0.3, 0.4) is 0 Å². The van der Waals surface area contributed by atoms with Gasteiger partial charge in [-0.1, -0.05) is 30.3 Å². The smallest absolute Gasteiger partial charge is 0.312 e. The lowest BCUT2D eigenvalue weighted by Crippen LogP contribution is -2.55. The second kappa shape index (κ2) is 7.91. The standard InChI is InChI=1S/C20H23N3O3/c1-14-10-11-18(22-20(21)25)19(24)23(14)13-15-6-5-9-17(12-15)26-16-7-3-2-4-8-16/h2-9,12,14,18H,10-11,13H2,1H3,(H3,21,22,25)/t14-,18-/m1/s1. The Bertz CT molecular complexity index is 779. The van der Waals surface area contributed by atoms with Crippen LogP contribution in [0.4, 0.5) is 4.79 Å². The lowest BCUT2D eigenvalue weighted by molar-refractivity contribution is -0.139. The molecule has 2 atom stereocenters. The number of ether oxygens (including phenoxy) is 1. The van der Waals surface area contributed by atoms with Crippen LogP contribution in [0.25, 0.3) is 0 Å². The van der Waals surface area contributed by atoms with Crippen molar-refractivity contribution in [1.82, 2.24) is 10.2 Å². The Balaban J connectivity index is 1.72. The lowest BCUT2D eigenvalue weighted by atomic mass is 9.97. The zero-order chi connectivity index (χ0) is 18.5. The number of primary amides is 1. The van der Waals surface area contributed by atoms with E-state index in [0.29, 0.717) is 13.0 Å². The molecular formula is C20H23N3O3. The molecule has 26 heavy (non-hydrogen) atoms. The first-order valence-corrected chi connectivity index (χ1v) is 8.71. The number of carbonyl (C=O) groups is 2. The van der Waals surface area contributed by atoms with Gasteiger partial charge in [-0.25, -0.2) is 4.79 Å². The summed E-state index contributed by atoms with van der Waals surface area (Å²) >= 11 is 0. The summed E-state index contributed by atoms with van der Waals surface area (Å²) in [5.74, 6) is 1.38. The van der Waals surface area contributed by atoms with Gasteiger partial charge in [0.2, 0.25) is 5.91 Å². The van der Waals surface area contributed by atoms with Crippen molar-refractivity contribution in [3.05, 3.63) is 60.2 Å². The van der Waals surface area contributed by atoms with Gasteiger partial charge in [0, 0.05) is 12.6 Å². The summed E-state index contributed by atoms with van der Waals surface area (Å²) in [5, 5.41) is 2.53. The van der Waals surface area contributed by atoms with Gasteiger partial charge in [-0.2, -0.15) is 0 Å². The van der Waals surface area contributed by atoms with E-state index >= 15 is 0 Å². The summed E-state index contributed by atoms with van der Waals surface area (Å²) in [4.78, 5) is 25.6. The molecule has 2 aromatic carbocycles. The number of hydrogen-bond donors (Lipinski definition) is 2. The number of nitrogens with zero attached hydrogens (tertiary/aromatic N) is 1. The van der Waals surface area contributed by atoms with Crippen molar-refractivity contribution in [2.45, 2.75) is 38.4 Å². The first-order chi connectivity index (χ1) is 12.5. The fraction of sp³-hybridized carbons (Fsp3) is 0.300. The Morgan fingerprint density at radius 2 is 1.88 bits per heavy atom. The number of nitrogens with two attached hydrogens (primary N) is 1. The molecule has 1 fully saturated rings. The Kier molecular flexibility index (Phi) is 5.41. The van der Waals surface area contributed by atoms with Crippen LogP contribution in [-0.4, -0.2) is 28.9 Å². The van der Waals surface area contributed by atoms with E-state index in [4.69, 9.17) is 10.5 Å². The molecule has 2 aromatic rings. The second-order valence-corrected chi connectivity index (χ2v) is 6.52. The average molecular weight is 353 g/mol. The third-order valence-corrected chi connectivity index (χ3v) is 4.53. The van der Waals surface area contributed by atoms with E-state index in [1.54, 1.807) is 4.90 Å². The minimum atomic E-state index is -0.670. The number of likely N-dealkylation sites (tertiary alicyclic amines) is 1. The summed E-state index contributed by atoms with van der Waals surface area (Å²) in [5.41, 5.74) is 6.14. The molecule has 1 heterocycles. The maximum absolute atomic E-state index is 12.7. The van der Waals surface area contributed by atoms with Crippen molar-refractivity contribution in [2.75, 3.05) is 0 Å². The molecule has 1 aliphatic rings. The predicted octanol–water partition coefficient (Wildman–Crippen LogP) is 3.03. The molecule has 1 saturated heterocycles. The normalized spacial score (nSPS) is 19.9. The zero-order valence-corrected chi connectivity index (χ0v) is 14.7. The second-order valence-electron chi connectivity index (χ2n) is 6.52. The molecule has 3 rings (SSSR count). The van der Waals surface area contributed by atoms with Crippen LogP contribution in [0, 0.1) is 0 Å². The SMILES string of the molecule is C[C@@H]1CC[C@@H](NC(N)=O)C(=O)N1Cc1cccc(Oc2ccccc2)c1. The lowest BCUT2D eigenvalue weighted by Gasteiger charge is -2.37. The fourth-order valence-electron chi connectivity index (χ4n) is 3.17. The number of para-hydroxylation sites is 1. The molecule has 0 saturated carbocycles. The highest BCUT2D eigenvalue weighted by molar-refractivity contribution is 5.87. The molecule has 6 nitrogen and oxygen atoms in total. The molecule has 0 bridgehead atoms. The van der Waals surface area contributed by atoms with Gasteiger partial charge in [-0.3, -0.25) is 4.79 Å². The van der Waals surface area contributed by atoms with Crippen LogP contribution < -0.4 is 15.8 Å². The van der Waals surface area contributed by atoms with Gasteiger partial charge in [-0.05, 0) is 49.6 Å². The topological polar surface area (TPSA) is 84.7 Å². The predicted molar refractivity (Wildman–Crippen MR) is 98.7 cm³/mol. The monoisotopic (exact) mass is 353 g/mol. The number of rotatable bonds is 5. The molecule has 0 spiro atoms. The first-order valence-electron chi connectivity index (χ1n) is 8.71. The third-order valence-electron chi connectivity index (χ3n) is 4.53. The fourth-order valence-corrected chi connectivity index (χ4v) is 3.17. The number of carbonyl (C=O) groups excluding carboxylic acids is 2. The molecular weight excluding hydrogens is 330 g/mol. The van der Waals surface area contributed by atoms with Gasteiger partial charge in [0.15, 0.2) is 0 Å². The molecule has 0 radical (unpaired) electrons. The largest absolute Gasteiger partial charge is 0.457 e. The Hall–Kier alpha value is -3.02. The van der Waals surface area contributed by atoms with Gasteiger partial charge in [0.1, 0.15) is 17.5 Å². The summed E-state index contributed by atoms with van der Waals surface area (Å²) in [6, 6.07) is 16.1. The van der Waals surface area contributed by atoms with Gasteiger partial charge >= 0.3 is 6.03 Å². The number of benzene rings is 2. The van der Waals surface area contributed by atoms with Crippen LogP contribution in [0.1, 0.15) is 25.3 Å². The maximum Gasteiger partial charge on any atom is 0.312 e. The van der Waals surface area contributed by atoms with Crippen LogP contribution in [-0.2, 0) is 11.3 Å². The van der Waals surface area contributed by atoms with Crippen LogP contribution in [0.15, 0.2) is 54.6 Å². The quantitative estimate of drug-likeness (QED) is 0.866. The van der Waals surface area contributed by atoms with Crippen molar-refractivity contribution in [3.8, 4) is 11.5 Å². The Labute approximate surface area is 152 Å². The molecule has 3 N–H and O–H groups in total. The van der Waals surface area contributed by atoms with Crippen molar-refractivity contribution >= 4 is 11.9 Å². The van der Waals surface area contributed by atoms with Gasteiger partial charge < -0.3 is 20.7 Å². The van der Waals surface area contributed by atoms with Gasteiger partial charge in [-0.15, -0.1) is 0 Å². The number of hydrogen-bond acceptors (Lipinski definition) is 3. The van der Waals surface area contributed by atoms with Crippen molar-refractivity contribution in [2.24, 2.45) is 5.73 Å².